The van der Waals surface area contributed by atoms with E-state index in [1.807, 2.05) is 25.7 Å². The van der Waals surface area contributed by atoms with Gasteiger partial charge in [-0.1, -0.05) is 30.3 Å². The molecule has 6 heteroatoms. The van der Waals surface area contributed by atoms with Gasteiger partial charge in [-0.2, -0.15) is 0 Å². The quantitative estimate of drug-likeness (QED) is 0.690. The first-order valence-electron chi connectivity index (χ1n) is 11.5. The Balaban J connectivity index is 1.52. The van der Waals surface area contributed by atoms with E-state index in [0.717, 1.165) is 38.6 Å². The van der Waals surface area contributed by atoms with Crippen molar-refractivity contribution in [3.63, 3.8) is 0 Å². The smallest absolute Gasteiger partial charge is 0.407 e. The van der Waals surface area contributed by atoms with E-state index in [2.05, 4.69) is 54.6 Å². The highest BCUT2D eigenvalue weighted by Crippen LogP contribution is 2.52. The van der Waals surface area contributed by atoms with Crippen LogP contribution in [0.2, 0.25) is 0 Å². The number of carbonyl (C=O) groups is 2. The Morgan fingerprint density at radius 1 is 1.13 bits per heavy atom. The van der Waals surface area contributed by atoms with Crippen molar-refractivity contribution in [2.24, 2.45) is 5.41 Å². The topological polar surface area (TPSA) is 61.9 Å². The summed E-state index contributed by atoms with van der Waals surface area (Å²) in [5.74, 6) is 0.259. The molecule has 1 saturated heterocycles. The zero-order valence-corrected chi connectivity index (χ0v) is 19.9. The second-order valence-corrected chi connectivity index (χ2v) is 10.6. The maximum absolute atomic E-state index is 12.7. The maximum Gasteiger partial charge on any atom is 0.407 e. The molecule has 1 saturated carbocycles. The Morgan fingerprint density at radius 2 is 1.77 bits per heavy atom. The molecule has 0 bridgehead atoms. The van der Waals surface area contributed by atoms with Crippen molar-refractivity contribution in [1.82, 2.24) is 15.1 Å². The van der Waals surface area contributed by atoms with Gasteiger partial charge >= 0.3 is 6.09 Å². The van der Waals surface area contributed by atoms with Gasteiger partial charge in [0.15, 0.2) is 0 Å². The molecule has 1 N–H and O–H groups in total. The van der Waals surface area contributed by atoms with E-state index in [9.17, 15) is 9.59 Å². The third kappa shape index (κ3) is 5.59. The van der Waals surface area contributed by atoms with Crippen LogP contribution in [0.4, 0.5) is 4.79 Å². The molecule has 1 heterocycles. The molecule has 1 aromatic carbocycles. The fraction of sp³-hybridized carbons (Fsp3) is 0.680. The summed E-state index contributed by atoms with van der Waals surface area (Å²) in [6.07, 6.45) is 5.29. The van der Waals surface area contributed by atoms with Gasteiger partial charge in [0.25, 0.3) is 0 Å². The van der Waals surface area contributed by atoms with E-state index < -0.39 is 11.7 Å². The molecule has 1 spiro atoms. The summed E-state index contributed by atoms with van der Waals surface area (Å²) in [6, 6.07) is 10.8. The van der Waals surface area contributed by atoms with E-state index in [-0.39, 0.29) is 16.9 Å². The van der Waals surface area contributed by atoms with Gasteiger partial charge in [-0.3, -0.25) is 9.69 Å². The highest BCUT2D eigenvalue weighted by atomic mass is 16.6. The van der Waals surface area contributed by atoms with E-state index in [0.29, 0.717) is 19.5 Å². The predicted octanol–water partition coefficient (Wildman–Crippen LogP) is 4.15. The van der Waals surface area contributed by atoms with Crippen LogP contribution in [0.15, 0.2) is 30.3 Å². The fourth-order valence-electron chi connectivity index (χ4n) is 5.23. The summed E-state index contributed by atoms with van der Waals surface area (Å²) in [7, 11) is 4.35. The Hall–Kier alpha value is -2.08. The molecular weight excluding hydrogens is 390 g/mol. The van der Waals surface area contributed by atoms with Crippen molar-refractivity contribution in [2.45, 2.75) is 70.4 Å². The van der Waals surface area contributed by atoms with Crippen molar-refractivity contribution in [3.05, 3.63) is 35.9 Å². The molecule has 0 aromatic heterocycles. The minimum atomic E-state index is -0.496. The van der Waals surface area contributed by atoms with Crippen LogP contribution in [-0.4, -0.2) is 61.1 Å². The molecule has 1 aliphatic carbocycles. The van der Waals surface area contributed by atoms with Gasteiger partial charge in [0.2, 0.25) is 5.91 Å². The average Bonchev–Trinajstić information content (AvgIpc) is 3.00. The highest BCUT2D eigenvalue weighted by molar-refractivity contribution is 5.79. The zero-order chi connectivity index (χ0) is 22.7. The van der Waals surface area contributed by atoms with Crippen molar-refractivity contribution in [2.75, 3.05) is 33.7 Å². The SMILES string of the molecule is CN(C)[C@]1(c2ccccc2)CC[C@]2(CC1)CC(=O)N(CCCNC(=O)OC(C)(C)C)C2. The Bertz CT molecular complexity index is 762. The average molecular weight is 430 g/mol. The molecule has 31 heavy (non-hydrogen) atoms. The molecule has 6 nitrogen and oxygen atoms in total. The lowest BCUT2D eigenvalue weighted by atomic mass is 9.64. The van der Waals surface area contributed by atoms with E-state index in [1.165, 1.54) is 5.56 Å². The van der Waals surface area contributed by atoms with Crippen molar-refractivity contribution >= 4 is 12.0 Å². The molecule has 2 fully saturated rings. The lowest BCUT2D eigenvalue weighted by Crippen LogP contribution is -2.47. The third-order valence-corrected chi connectivity index (χ3v) is 6.98. The molecule has 0 unspecified atom stereocenters. The number of nitrogens with one attached hydrogen (secondary N) is 1. The van der Waals surface area contributed by atoms with Gasteiger partial charge in [0, 0.05) is 31.6 Å². The number of hydrogen-bond acceptors (Lipinski definition) is 4. The minimum absolute atomic E-state index is 0.0559. The van der Waals surface area contributed by atoms with Gasteiger partial charge in [0.05, 0.1) is 0 Å². The summed E-state index contributed by atoms with van der Waals surface area (Å²) in [4.78, 5) is 28.9. The largest absolute Gasteiger partial charge is 0.444 e. The van der Waals surface area contributed by atoms with Crippen LogP contribution >= 0.6 is 0 Å². The number of ether oxygens (including phenoxy) is 1. The Kier molecular flexibility index (Phi) is 6.99. The fourth-order valence-corrected chi connectivity index (χ4v) is 5.23. The number of likely N-dealkylation sites (tertiary alicyclic amines) is 1. The first-order chi connectivity index (χ1) is 14.6. The summed E-state index contributed by atoms with van der Waals surface area (Å²) in [5, 5.41) is 2.79. The van der Waals surface area contributed by atoms with Crippen LogP contribution in [0.25, 0.3) is 0 Å². The number of hydrogen-bond donors (Lipinski definition) is 1. The van der Waals surface area contributed by atoms with Crippen molar-refractivity contribution in [3.8, 4) is 0 Å². The van der Waals surface area contributed by atoms with Crippen molar-refractivity contribution < 1.29 is 14.3 Å². The van der Waals surface area contributed by atoms with Crippen LogP contribution in [-0.2, 0) is 15.1 Å². The predicted molar refractivity (Wildman–Crippen MR) is 123 cm³/mol. The van der Waals surface area contributed by atoms with Crippen LogP contribution in [0.5, 0.6) is 0 Å². The molecule has 172 valence electrons. The van der Waals surface area contributed by atoms with Crippen LogP contribution in [0, 0.1) is 5.41 Å². The number of carbonyl (C=O) groups excluding carboxylic acids is 2. The molecule has 0 radical (unpaired) electrons. The molecule has 0 atom stereocenters. The summed E-state index contributed by atoms with van der Waals surface area (Å²) < 4.78 is 5.26. The molecule has 2 amide bonds. The minimum Gasteiger partial charge on any atom is -0.444 e. The monoisotopic (exact) mass is 429 g/mol. The maximum atomic E-state index is 12.7. The number of alkyl carbamates (subject to hydrolysis) is 1. The highest BCUT2D eigenvalue weighted by Gasteiger charge is 2.49. The standard InChI is InChI=1S/C25H39N3O3/c1-23(2,3)31-22(30)26-16-9-17-28-19-24(18-21(28)29)12-14-25(15-13-24,27(4)5)20-10-7-6-8-11-20/h6-8,10-11H,9,12-19H2,1-5H3,(H,26,30)/t24-,25+. The van der Waals surface area contributed by atoms with Gasteiger partial charge < -0.3 is 15.0 Å². The molecule has 1 aliphatic heterocycles. The normalized spacial score (nSPS) is 26.5. The summed E-state index contributed by atoms with van der Waals surface area (Å²) in [6.45, 7) is 7.60. The lowest BCUT2D eigenvalue weighted by molar-refractivity contribution is -0.127. The molecule has 2 aliphatic rings. The van der Waals surface area contributed by atoms with Gasteiger partial charge in [-0.25, -0.2) is 4.79 Å². The Labute approximate surface area is 187 Å². The van der Waals surface area contributed by atoms with Crippen LogP contribution in [0.3, 0.4) is 0 Å². The number of benzene rings is 1. The second kappa shape index (κ2) is 9.19. The van der Waals surface area contributed by atoms with Crippen LogP contribution < -0.4 is 5.32 Å². The summed E-state index contributed by atoms with van der Waals surface area (Å²) >= 11 is 0. The van der Waals surface area contributed by atoms with Crippen molar-refractivity contribution in [1.29, 1.82) is 0 Å². The lowest BCUT2D eigenvalue weighted by Gasteiger charge is -2.48. The van der Waals surface area contributed by atoms with Gasteiger partial charge in [-0.05, 0) is 77.9 Å². The second-order valence-electron chi connectivity index (χ2n) is 10.6. The van der Waals surface area contributed by atoms with Crippen LogP contribution in [0.1, 0.15) is 64.9 Å². The summed E-state index contributed by atoms with van der Waals surface area (Å²) in [5.41, 5.74) is 1.04. The molecule has 1 aromatic rings. The first kappa shape index (κ1) is 23.6. The first-order valence-corrected chi connectivity index (χ1v) is 11.5. The van der Waals surface area contributed by atoms with E-state index in [4.69, 9.17) is 4.74 Å². The van der Waals surface area contributed by atoms with E-state index in [1.54, 1.807) is 0 Å². The number of amides is 2. The molecular formula is C25H39N3O3. The van der Waals surface area contributed by atoms with E-state index >= 15 is 0 Å². The van der Waals surface area contributed by atoms with Gasteiger partial charge in [0.1, 0.15) is 5.60 Å². The number of rotatable bonds is 6. The zero-order valence-electron chi connectivity index (χ0n) is 19.9. The number of nitrogens with zero attached hydrogens (tertiary/aromatic N) is 2. The third-order valence-electron chi connectivity index (χ3n) is 6.98. The van der Waals surface area contributed by atoms with Gasteiger partial charge in [-0.15, -0.1) is 0 Å². The molecule has 3 rings (SSSR count). The Morgan fingerprint density at radius 3 is 2.35 bits per heavy atom.